The van der Waals surface area contributed by atoms with Gasteiger partial charge < -0.3 is 65.1 Å². The number of hydrogen-bond donors (Lipinski definition) is 9. The van der Waals surface area contributed by atoms with E-state index in [4.69, 9.17) is 18.9 Å². The van der Waals surface area contributed by atoms with E-state index in [1.807, 2.05) is 6.08 Å². The normalized spacial score (nSPS) is 23.3. The minimum absolute atomic E-state index is 0.243. The Hall–Kier alpha value is -2.05. The molecule has 0 aromatic carbocycles. The SMILES string of the molecule is CCCCCCC/C=C\C/C=C\CCCCCCCCCCCCCCCCCCCCCCCCCCCC(=O)NC(COC1OC(CO)C(OC2OC(CO)C(O)C(O)C2O)C(O)C1O)C(O)/C=C/CC/C=C/CCCCCCCCCCCCCC. The summed E-state index contributed by atoms with van der Waals surface area (Å²) in [5.41, 5.74) is 0. The summed E-state index contributed by atoms with van der Waals surface area (Å²) >= 11 is 0. The van der Waals surface area contributed by atoms with Crippen LogP contribution >= 0.6 is 0 Å². The number of hydrogen-bond acceptors (Lipinski definition) is 13. The molecule has 522 valence electrons. The second kappa shape index (κ2) is 59.7. The molecule has 0 aromatic rings. The summed E-state index contributed by atoms with van der Waals surface area (Å²) in [5.74, 6) is -0.243. The lowest BCUT2D eigenvalue weighted by atomic mass is 9.97. The number of ether oxygens (including phenoxy) is 4. The first kappa shape index (κ1) is 83.0. The average molecular weight is 1260 g/mol. The lowest BCUT2D eigenvalue weighted by Gasteiger charge is -2.46. The third-order valence-electron chi connectivity index (χ3n) is 18.2. The van der Waals surface area contributed by atoms with Crippen molar-refractivity contribution in [3.05, 3.63) is 48.6 Å². The van der Waals surface area contributed by atoms with Crippen LogP contribution in [0.2, 0.25) is 0 Å². The van der Waals surface area contributed by atoms with Gasteiger partial charge in [-0.2, -0.15) is 0 Å². The van der Waals surface area contributed by atoms with Crippen LogP contribution in [0.4, 0.5) is 0 Å². The molecule has 2 fully saturated rings. The van der Waals surface area contributed by atoms with E-state index in [-0.39, 0.29) is 18.9 Å². The molecule has 12 unspecified atom stereocenters. The Balaban J connectivity index is 1.59. The highest BCUT2D eigenvalue weighted by molar-refractivity contribution is 5.76. The number of allylic oxidation sites excluding steroid dienone is 7. The molecule has 2 aliphatic rings. The zero-order chi connectivity index (χ0) is 64.5. The molecular weight excluding hydrogens is 1120 g/mol. The highest BCUT2D eigenvalue weighted by Crippen LogP contribution is 2.30. The molecule has 1 amide bonds. The van der Waals surface area contributed by atoms with Crippen LogP contribution in [0.5, 0.6) is 0 Å². The van der Waals surface area contributed by atoms with Crippen LogP contribution in [0, 0.1) is 0 Å². The highest BCUT2D eigenvalue weighted by atomic mass is 16.7. The standard InChI is InChI=1S/C75H139NO13/c1-3-5-7-9-11-13-15-17-19-21-23-24-25-26-27-28-29-30-31-32-33-34-35-36-37-38-39-40-41-43-45-47-49-51-53-55-57-59-67(80)76-63(64(79)58-56-54-52-50-48-46-44-42-22-20-18-16-14-12-10-8-6-4-2)62-86-74-72(85)70(83)73(66(61-78)88-74)89-75-71(84)69(82)68(81)65(60-77)87-75/h15,17,21,23,48,50,56,58,63-66,68-75,77-79,81-85H,3-14,16,18-20,22,24-47,49,51-55,57,59-62H2,1-2H3,(H,76,80)/b17-15-,23-21-,50-48+,58-56+. The molecule has 9 N–H and O–H groups in total. The molecule has 2 saturated heterocycles. The van der Waals surface area contributed by atoms with Gasteiger partial charge in [-0.05, 0) is 64.2 Å². The van der Waals surface area contributed by atoms with Crippen LogP contribution in [0.3, 0.4) is 0 Å². The Labute approximate surface area is 543 Å². The van der Waals surface area contributed by atoms with Crippen molar-refractivity contribution < 1.29 is 64.6 Å². The number of aliphatic hydroxyl groups is 8. The fourth-order valence-corrected chi connectivity index (χ4v) is 12.3. The molecule has 2 aliphatic heterocycles. The molecule has 14 nitrogen and oxygen atoms in total. The minimum Gasteiger partial charge on any atom is -0.394 e. The molecule has 0 saturated carbocycles. The Kier molecular flexibility index (Phi) is 55.7. The summed E-state index contributed by atoms with van der Waals surface area (Å²) in [6, 6.07) is -0.931. The monoisotopic (exact) mass is 1260 g/mol. The highest BCUT2D eigenvalue weighted by Gasteiger charge is 2.51. The number of rotatable bonds is 62. The molecule has 2 heterocycles. The molecule has 14 heteroatoms. The van der Waals surface area contributed by atoms with Crippen LogP contribution < -0.4 is 5.32 Å². The molecule has 2 rings (SSSR count). The second-order valence-corrected chi connectivity index (χ2v) is 26.4. The zero-order valence-corrected chi connectivity index (χ0v) is 56.9. The Bertz CT molecular complexity index is 1680. The molecular formula is C75H139NO13. The topological polar surface area (TPSA) is 228 Å². The number of carbonyl (C=O) groups is 1. The van der Waals surface area contributed by atoms with E-state index in [2.05, 4.69) is 55.6 Å². The average Bonchev–Trinajstić information content (AvgIpc) is 1.44. The number of amides is 1. The van der Waals surface area contributed by atoms with Gasteiger partial charge in [0, 0.05) is 6.42 Å². The molecule has 12 atom stereocenters. The second-order valence-electron chi connectivity index (χ2n) is 26.4. The Morgan fingerprint density at radius 3 is 1.17 bits per heavy atom. The molecule has 0 spiro atoms. The number of unbranched alkanes of at least 4 members (excludes halogenated alkanes) is 43. The van der Waals surface area contributed by atoms with E-state index in [0.717, 1.165) is 38.5 Å². The summed E-state index contributed by atoms with van der Waals surface area (Å²) in [5, 5.41) is 87.4. The first-order chi connectivity index (χ1) is 43.6. The molecule has 0 aromatic heterocycles. The third kappa shape index (κ3) is 43.5. The van der Waals surface area contributed by atoms with Gasteiger partial charge in [-0.1, -0.05) is 306 Å². The van der Waals surface area contributed by atoms with Crippen molar-refractivity contribution in [2.24, 2.45) is 0 Å². The predicted molar refractivity (Wildman–Crippen MR) is 364 cm³/mol. The number of aliphatic hydroxyl groups excluding tert-OH is 8. The maximum atomic E-state index is 13.3. The number of carbonyl (C=O) groups excluding carboxylic acids is 1. The molecule has 0 bridgehead atoms. The largest absolute Gasteiger partial charge is 0.394 e. The van der Waals surface area contributed by atoms with Gasteiger partial charge in [-0.25, -0.2) is 0 Å². The van der Waals surface area contributed by atoms with Crippen molar-refractivity contribution in [3.63, 3.8) is 0 Å². The fraction of sp³-hybridized carbons (Fsp3) is 0.880. The maximum absolute atomic E-state index is 13.3. The van der Waals surface area contributed by atoms with E-state index >= 15 is 0 Å². The predicted octanol–water partition coefficient (Wildman–Crippen LogP) is 15.9. The van der Waals surface area contributed by atoms with E-state index in [9.17, 15) is 45.6 Å². The van der Waals surface area contributed by atoms with Crippen molar-refractivity contribution in [1.29, 1.82) is 0 Å². The fourth-order valence-electron chi connectivity index (χ4n) is 12.3. The van der Waals surface area contributed by atoms with Gasteiger partial charge in [0.25, 0.3) is 0 Å². The Morgan fingerprint density at radius 1 is 0.404 bits per heavy atom. The van der Waals surface area contributed by atoms with Crippen LogP contribution in [0.15, 0.2) is 48.6 Å². The minimum atomic E-state index is -1.79. The van der Waals surface area contributed by atoms with Gasteiger partial charge in [0.15, 0.2) is 12.6 Å². The van der Waals surface area contributed by atoms with Crippen LogP contribution in [-0.4, -0.2) is 140 Å². The smallest absolute Gasteiger partial charge is 0.220 e. The Morgan fingerprint density at radius 2 is 0.753 bits per heavy atom. The van der Waals surface area contributed by atoms with Gasteiger partial charge in [-0.3, -0.25) is 4.79 Å². The van der Waals surface area contributed by atoms with E-state index in [1.165, 1.54) is 257 Å². The van der Waals surface area contributed by atoms with Crippen LogP contribution in [0.25, 0.3) is 0 Å². The van der Waals surface area contributed by atoms with Gasteiger partial charge >= 0.3 is 0 Å². The van der Waals surface area contributed by atoms with Gasteiger partial charge in [0.2, 0.25) is 5.91 Å². The van der Waals surface area contributed by atoms with Gasteiger partial charge in [0.1, 0.15) is 48.8 Å². The van der Waals surface area contributed by atoms with Crippen molar-refractivity contribution in [1.82, 2.24) is 5.32 Å². The van der Waals surface area contributed by atoms with Crippen molar-refractivity contribution in [2.45, 2.75) is 402 Å². The van der Waals surface area contributed by atoms with Crippen molar-refractivity contribution >= 4 is 5.91 Å². The maximum Gasteiger partial charge on any atom is 0.220 e. The lowest BCUT2D eigenvalue weighted by molar-refractivity contribution is -0.359. The van der Waals surface area contributed by atoms with Crippen LogP contribution in [0.1, 0.15) is 328 Å². The van der Waals surface area contributed by atoms with Crippen molar-refractivity contribution in [3.8, 4) is 0 Å². The summed E-state index contributed by atoms with van der Waals surface area (Å²) in [4.78, 5) is 13.3. The first-order valence-corrected chi connectivity index (χ1v) is 37.4. The third-order valence-corrected chi connectivity index (χ3v) is 18.2. The quantitative estimate of drug-likeness (QED) is 0.0204. The summed E-state index contributed by atoms with van der Waals surface area (Å²) in [6.07, 6.45) is 62.0. The van der Waals surface area contributed by atoms with Crippen LogP contribution in [-0.2, 0) is 23.7 Å². The van der Waals surface area contributed by atoms with Gasteiger partial charge in [-0.15, -0.1) is 0 Å². The summed E-state index contributed by atoms with van der Waals surface area (Å²) in [7, 11) is 0. The summed E-state index contributed by atoms with van der Waals surface area (Å²) < 4.78 is 22.8. The van der Waals surface area contributed by atoms with E-state index < -0.39 is 86.8 Å². The van der Waals surface area contributed by atoms with Gasteiger partial charge in [0.05, 0.1) is 32.0 Å². The van der Waals surface area contributed by atoms with E-state index in [0.29, 0.717) is 12.8 Å². The molecule has 89 heavy (non-hydrogen) atoms. The van der Waals surface area contributed by atoms with Crippen molar-refractivity contribution in [2.75, 3.05) is 19.8 Å². The molecule has 0 radical (unpaired) electrons. The zero-order valence-electron chi connectivity index (χ0n) is 56.9. The summed E-state index contributed by atoms with van der Waals surface area (Å²) in [6.45, 7) is 2.81. The lowest BCUT2D eigenvalue weighted by Crippen LogP contribution is -2.65. The molecule has 0 aliphatic carbocycles. The van der Waals surface area contributed by atoms with E-state index in [1.54, 1.807) is 6.08 Å². The first-order valence-electron chi connectivity index (χ1n) is 37.4. The number of nitrogens with one attached hydrogen (secondary N) is 1.